The number of aliphatic hydroxyl groups excluding tert-OH is 2. The summed E-state index contributed by atoms with van der Waals surface area (Å²) < 4.78 is 2.27. The molecule has 2 N–H and O–H groups in total. The fraction of sp³-hybridized carbons (Fsp3) is 0.833. The molecule has 6 nitrogen and oxygen atoms in total. The topological polar surface area (TPSA) is 88.2 Å². The lowest BCUT2D eigenvalue weighted by molar-refractivity contribution is -0.111. The number of carbonyl (C=O) groups excluding carboxylic acids is 1. The van der Waals surface area contributed by atoms with Crippen LogP contribution in [-0.4, -0.2) is 44.0 Å². The number of hydrogen-bond acceptors (Lipinski definition) is 5. The van der Waals surface area contributed by atoms with Crippen molar-refractivity contribution in [3.8, 4) is 0 Å². The Morgan fingerprint density at radius 3 is 2.54 bits per heavy atom. The Kier molecular flexibility index (Phi) is 5.35. The van der Waals surface area contributed by atoms with Crippen molar-refractivity contribution in [3.63, 3.8) is 0 Å². The van der Waals surface area contributed by atoms with Crippen LogP contribution in [0.15, 0.2) is 0 Å². The van der Waals surface area contributed by atoms with Gasteiger partial charge in [-0.1, -0.05) is 6.92 Å². The molecule has 0 aliphatic heterocycles. The second-order valence-corrected chi connectivity index (χ2v) is 7.75. The van der Waals surface area contributed by atoms with Crippen LogP contribution in [0.3, 0.4) is 0 Å². The Morgan fingerprint density at radius 2 is 2.00 bits per heavy atom. The van der Waals surface area contributed by atoms with Gasteiger partial charge >= 0.3 is 0 Å². The third-order valence-electron chi connectivity index (χ3n) is 5.56. The van der Waals surface area contributed by atoms with Crippen LogP contribution in [0.2, 0.25) is 0 Å². The summed E-state index contributed by atoms with van der Waals surface area (Å²) in [6, 6.07) is 0.459. The number of aromatic nitrogens is 3. The molecule has 3 atom stereocenters. The van der Waals surface area contributed by atoms with Crippen LogP contribution in [0.25, 0.3) is 0 Å². The van der Waals surface area contributed by atoms with Crippen molar-refractivity contribution in [3.05, 3.63) is 11.6 Å². The van der Waals surface area contributed by atoms with Gasteiger partial charge in [-0.05, 0) is 51.4 Å². The van der Waals surface area contributed by atoms with E-state index in [1.54, 1.807) is 0 Å². The van der Waals surface area contributed by atoms with Crippen molar-refractivity contribution in [1.82, 2.24) is 14.8 Å². The van der Waals surface area contributed by atoms with E-state index >= 15 is 0 Å². The first-order chi connectivity index (χ1) is 11.5. The maximum atomic E-state index is 11.3. The molecule has 2 saturated carbocycles. The fourth-order valence-corrected chi connectivity index (χ4v) is 4.04. The van der Waals surface area contributed by atoms with Crippen LogP contribution in [-0.2, 0) is 4.79 Å². The molecule has 0 spiro atoms. The normalized spacial score (nSPS) is 27.3. The minimum Gasteiger partial charge on any atom is -0.396 e. The van der Waals surface area contributed by atoms with Crippen molar-refractivity contribution >= 4 is 6.29 Å². The standard InChI is InChI=1S/C18H29N3O3/c1-11(10-23)16(5-6-22)18-20-19-17(21(18)15-3-4-15)14-8-13(9-14)7-12(2)24/h10-16,22,24H,3-9H2,1-2H3. The fourth-order valence-electron chi connectivity index (χ4n) is 4.04. The molecule has 0 bridgehead atoms. The third kappa shape index (κ3) is 3.54. The molecule has 6 heteroatoms. The molecule has 24 heavy (non-hydrogen) atoms. The predicted octanol–water partition coefficient (Wildman–Crippen LogP) is 2.18. The SMILES string of the molecule is CC(O)CC1CC(c2nnc(C(CCO)C(C)C=O)n2C2CC2)C1. The van der Waals surface area contributed by atoms with Crippen LogP contribution < -0.4 is 0 Å². The van der Waals surface area contributed by atoms with Gasteiger partial charge in [0.05, 0.1) is 6.10 Å². The molecule has 3 rings (SSSR count). The second-order valence-electron chi connectivity index (χ2n) is 7.75. The summed E-state index contributed by atoms with van der Waals surface area (Å²) in [6.07, 6.45) is 6.51. The van der Waals surface area contributed by atoms with Gasteiger partial charge in [0.1, 0.15) is 17.9 Å². The van der Waals surface area contributed by atoms with Crippen molar-refractivity contribution in [2.45, 2.75) is 76.4 Å². The Labute approximate surface area is 143 Å². The summed E-state index contributed by atoms with van der Waals surface area (Å²) in [7, 11) is 0. The van der Waals surface area contributed by atoms with Gasteiger partial charge in [-0.2, -0.15) is 0 Å². The van der Waals surface area contributed by atoms with Gasteiger partial charge < -0.3 is 19.6 Å². The third-order valence-corrected chi connectivity index (χ3v) is 5.56. The lowest BCUT2D eigenvalue weighted by Gasteiger charge is -2.36. The van der Waals surface area contributed by atoms with E-state index in [2.05, 4.69) is 14.8 Å². The summed E-state index contributed by atoms with van der Waals surface area (Å²) in [4.78, 5) is 11.3. The van der Waals surface area contributed by atoms with Crippen molar-refractivity contribution < 1.29 is 15.0 Å². The highest BCUT2D eigenvalue weighted by Gasteiger charge is 2.40. The molecular formula is C18H29N3O3. The Hall–Kier alpha value is -1.27. The molecule has 1 aromatic rings. The van der Waals surface area contributed by atoms with Crippen molar-refractivity contribution in [2.24, 2.45) is 11.8 Å². The van der Waals surface area contributed by atoms with E-state index in [9.17, 15) is 15.0 Å². The number of hydrogen-bond donors (Lipinski definition) is 2. The largest absolute Gasteiger partial charge is 0.396 e. The zero-order valence-corrected chi connectivity index (χ0v) is 14.6. The van der Waals surface area contributed by atoms with Gasteiger partial charge in [0.25, 0.3) is 0 Å². The van der Waals surface area contributed by atoms with E-state index in [1.165, 1.54) is 0 Å². The summed E-state index contributed by atoms with van der Waals surface area (Å²) in [5.41, 5.74) is 0. The summed E-state index contributed by atoms with van der Waals surface area (Å²) in [5.74, 6) is 2.68. The van der Waals surface area contributed by atoms with Crippen LogP contribution >= 0.6 is 0 Å². The number of aliphatic hydroxyl groups is 2. The molecule has 0 aromatic carbocycles. The monoisotopic (exact) mass is 335 g/mol. The van der Waals surface area contributed by atoms with E-state index < -0.39 is 0 Å². The lowest BCUT2D eigenvalue weighted by Crippen LogP contribution is -2.28. The average Bonchev–Trinajstić information content (AvgIpc) is 3.27. The van der Waals surface area contributed by atoms with Crippen LogP contribution in [0.4, 0.5) is 0 Å². The number of aldehydes is 1. The molecule has 0 radical (unpaired) electrons. The molecule has 1 aromatic heterocycles. The molecule has 2 aliphatic carbocycles. The smallest absolute Gasteiger partial charge is 0.137 e. The lowest BCUT2D eigenvalue weighted by atomic mass is 9.72. The first kappa shape index (κ1) is 17.5. The number of carbonyl (C=O) groups is 1. The Bertz CT molecular complexity index is 562. The van der Waals surface area contributed by atoms with E-state index in [0.717, 1.165) is 50.0 Å². The number of rotatable bonds is 9. The molecule has 134 valence electrons. The Balaban J connectivity index is 1.80. The van der Waals surface area contributed by atoms with Gasteiger partial charge in [0.15, 0.2) is 0 Å². The van der Waals surface area contributed by atoms with E-state index in [0.29, 0.717) is 24.3 Å². The van der Waals surface area contributed by atoms with Gasteiger partial charge in [0, 0.05) is 30.4 Å². The predicted molar refractivity (Wildman–Crippen MR) is 89.7 cm³/mol. The molecule has 0 amide bonds. The zero-order valence-electron chi connectivity index (χ0n) is 14.6. The maximum absolute atomic E-state index is 11.3. The van der Waals surface area contributed by atoms with E-state index in [4.69, 9.17) is 0 Å². The van der Waals surface area contributed by atoms with Crippen LogP contribution in [0, 0.1) is 11.8 Å². The van der Waals surface area contributed by atoms with Gasteiger partial charge in [-0.3, -0.25) is 0 Å². The van der Waals surface area contributed by atoms with Crippen LogP contribution in [0.5, 0.6) is 0 Å². The van der Waals surface area contributed by atoms with E-state index in [1.807, 2.05) is 13.8 Å². The van der Waals surface area contributed by atoms with Crippen molar-refractivity contribution in [2.75, 3.05) is 6.61 Å². The quantitative estimate of drug-likeness (QED) is 0.675. The van der Waals surface area contributed by atoms with Gasteiger partial charge in [0.2, 0.25) is 0 Å². The molecule has 2 fully saturated rings. The van der Waals surface area contributed by atoms with Gasteiger partial charge in [-0.15, -0.1) is 10.2 Å². The van der Waals surface area contributed by atoms with Gasteiger partial charge in [-0.25, -0.2) is 0 Å². The second kappa shape index (κ2) is 7.31. The van der Waals surface area contributed by atoms with Crippen molar-refractivity contribution in [1.29, 1.82) is 0 Å². The highest BCUT2D eigenvalue weighted by molar-refractivity contribution is 5.54. The zero-order chi connectivity index (χ0) is 17.3. The molecule has 0 saturated heterocycles. The van der Waals surface area contributed by atoms with E-state index in [-0.39, 0.29) is 24.5 Å². The minimum atomic E-state index is -0.241. The maximum Gasteiger partial charge on any atom is 0.137 e. The summed E-state index contributed by atoms with van der Waals surface area (Å²) in [5, 5.41) is 27.8. The first-order valence-corrected chi connectivity index (χ1v) is 9.24. The first-order valence-electron chi connectivity index (χ1n) is 9.24. The molecule has 3 unspecified atom stereocenters. The molecule has 1 heterocycles. The summed E-state index contributed by atoms with van der Waals surface area (Å²) in [6.45, 7) is 3.79. The minimum absolute atomic E-state index is 0.0512. The highest BCUT2D eigenvalue weighted by Crippen LogP contribution is 2.47. The highest BCUT2D eigenvalue weighted by atomic mass is 16.3. The Morgan fingerprint density at radius 1 is 1.29 bits per heavy atom. The number of nitrogens with zero attached hydrogens (tertiary/aromatic N) is 3. The average molecular weight is 335 g/mol. The van der Waals surface area contributed by atoms with Crippen LogP contribution in [0.1, 0.15) is 81.9 Å². The molecule has 2 aliphatic rings. The molecular weight excluding hydrogens is 306 g/mol. The summed E-state index contributed by atoms with van der Waals surface area (Å²) >= 11 is 0.